The van der Waals surface area contributed by atoms with E-state index in [4.69, 9.17) is 5.11 Å². The van der Waals surface area contributed by atoms with Gasteiger partial charge in [-0.15, -0.1) is 0 Å². The van der Waals surface area contributed by atoms with E-state index < -0.39 is 5.97 Å². The van der Waals surface area contributed by atoms with Gasteiger partial charge in [-0.25, -0.2) is 0 Å². The molecule has 0 saturated carbocycles. The van der Waals surface area contributed by atoms with E-state index in [1.165, 1.54) is 0 Å². The van der Waals surface area contributed by atoms with Gasteiger partial charge < -0.3 is 10.4 Å². The smallest absolute Gasteiger partial charge is 0.303 e. The van der Waals surface area contributed by atoms with Crippen LogP contribution in [0.2, 0.25) is 0 Å². The first-order chi connectivity index (χ1) is 9.63. The van der Waals surface area contributed by atoms with Crippen molar-refractivity contribution >= 4 is 11.7 Å². The summed E-state index contributed by atoms with van der Waals surface area (Å²) < 4.78 is 0. The third-order valence-corrected chi connectivity index (χ3v) is 2.91. The fourth-order valence-corrected chi connectivity index (χ4v) is 1.75. The van der Waals surface area contributed by atoms with Crippen LogP contribution < -0.4 is 5.32 Å². The SMILES string of the molecule is Cc1ccc(CNc2ccc(CCC(=O)O)cc2)nn1. The van der Waals surface area contributed by atoms with Crippen molar-refractivity contribution in [3.05, 3.63) is 53.3 Å². The second-order valence-electron chi connectivity index (χ2n) is 4.61. The molecule has 0 amide bonds. The number of benzene rings is 1. The van der Waals surface area contributed by atoms with E-state index in [0.29, 0.717) is 13.0 Å². The molecule has 1 aromatic carbocycles. The minimum absolute atomic E-state index is 0.158. The summed E-state index contributed by atoms with van der Waals surface area (Å²) in [5.74, 6) is -0.773. The average molecular weight is 271 g/mol. The quantitative estimate of drug-likeness (QED) is 0.844. The highest BCUT2D eigenvalue weighted by molar-refractivity contribution is 5.67. The molecule has 0 radical (unpaired) electrons. The van der Waals surface area contributed by atoms with E-state index in [0.717, 1.165) is 22.6 Å². The van der Waals surface area contributed by atoms with Gasteiger partial charge in [-0.1, -0.05) is 12.1 Å². The van der Waals surface area contributed by atoms with Crippen molar-refractivity contribution in [3.8, 4) is 0 Å². The summed E-state index contributed by atoms with van der Waals surface area (Å²) in [7, 11) is 0. The van der Waals surface area contributed by atoms with E-state index >= 15 is 0 Å². The Morgan fingerprint density at radius 3 is 2.50 bits per heavy atom. The van der Waals surface area contributed by atoms with Crippen LogP contribution in [0.25, 0.3) is 0 Å². The molecule has 0 bridgehead atoms. The van der Waals surface area contributed by atoms with Gasteiger partial charge in [0.25, 0.3) is 0 Å². The zero-order chi connectivity index (χ0) is 14.4. The standard InChI is InChI=1S/C15H17N3O2/c1-11-2-6-14(18-17-11)10-16-13-7-3-12(4-8-13)5-9-15(19)20/h2-4,6-8,16H,5,9-10H2,1H3,(H,19,20). The number of carbonyl (C=O) groups is 1. The first-order valence-corrected chi connectivity index (χ1v) is 6.47. The summed E-state index contributed by atoms with van der Waals surface area (Å²) >= 11 is 0. The third kappa shape index (κ3) is 4.35. The van der Waals surface area contributed by atoms with Crippen LogP contribution in [0.1, 0.15) is 23.4 Å². The second-order valence-corrected chi connectivity index (χ2v) is 4.61. The number of aryl methyl sites for hydroxylation is 2. The number of anilines is 1. The lowest BCUT2D eigenvalue weighted by Crippen LogP contribution is -2.03. The topological polar surface area (TPSA) is 75.1 Å². The Hall–Kier alpha value is -2.43. The first-order valence-electron chi connectivity index (χ1n) is 6.47. The molecule has 0 aliphatic heterocycles. The molecule has 20 heavy (non-hydrogen) atoms. The van der Waals surface area contributed by atoms with Crippen molar-refractivity contribution in [2.45, 2.75) is 26.3 Å². The van der Waals surface area contributed by atoms with E-state index in [-0.39, 0.29) is 6.42 Å². The van der Waals surface area contributed by atoms with Gasteiger partial charge in [0.1, 0.15) is 0 Å². The summed E-state index contributed by atoms with van der Waals surface area (Å²) in [6, 6.07) is 11.6. The lowest BCUT2D eigenvalue weighted by molar-refractivity contribution is -0.136. The van der Waals surface area contributed by atoms with Crippen LogP contribution >= 0.6 is 0 Å². The zero-order valence-electron chi connectivity index (χ0n) is 11.3. The maximum absolute atomic E-state index is 10.5. The maximum atomic E-state index is 10.5. The fourth-order valence-electron chi connectivity index (χ4n) is 1.75. The number of carboxylic acid groups (broad SMARTS) is 1. The molecular formula is C15H17N3O2. The Balaban J connectivity index is 1.87. The summed E-state index contributed by atoms with van der Waals surface area (Å²) in [4.78, 5) is 10.5. The van der Waals surface area contributed by atoms with Gasteiger partial charge in [0.15, 0.2) is 0 Å². The molecule has 0 aliphatic carbocycles. The highest BCUT2D eigenvalue weighted by Gasteiger charge is 2.00. The molecule has 5 heteroatoms. The summed E-state index contributed by atoms with van der Waals surface area (Å²) in [5, 5.41) is 20.0. The molecule has 0 aliphatic rings. The molecule has 5 nitrogen and oxygen atoms in total. The third-order valence-electron chi connectivity index (χ3n) is 2.91. The van der Waals surface area contributed by atoms with Crippen LogP contribution in [0.5, 0.6) is 0 Å². The van der Waals surface area contributed by atoms with Crippen molar-refractivity contribution < 1.29 is 9.90 Å². The summed E-state index contributed by atoms with van der Waals surface area (Å²) in [5.41, 5.74) is 3.78. The number of hydrogen-bond donors (Lipinski definition) is 2. The second kappa shape index (κ2) is 6.65. The number of nitrogens with zero attached hydrogens (tertiary/aromatic N) is 2. The highest BCUT2D eigenvalue weighted by Crippen LogP contribution is 2.12. The first kappa shape index (κ1) is 14.0. The van der Waals surface area contributed by atoms with Crippen molar-refractivity contribution in [2.24, 2.45) is 0 Å². The van der Waals surface area contributed by atoms with E-state index in [9.17, 15) is 4.79 Å². The largest absolute Gasteiger partial charge is 0.481 e. The Morgan fingerprint density at radius 2 is 1.90 bits per heavy atom. The zero-order valence-corrected chi connectivity index (χ0v) is 11.3. The van der Waals surface area contributed by atoms with Crippen LogP contribution in [-0.2, 0) is 17.8 Å². The Morgan fingerprint density at radius 1 is 1.15 bits per heavy atom. The monoisotopic (exact) mass is 271 g/mol. The Kier molecular flexibility index (Phi) is 4.65. The number of nitrogens with one attached hydrogen (secondary N) is 1. The molecule has 0 unspecified atom stereocenters. The number of aliphatic carboxylic acids is 1. The van der Waals surface area contributed by atoms with Gasteiger partial charge >= 0.3 is 5.97 Å². The van der Waals surface area contributed by atoms with Crippen molar-refractivity contribution in [2.75, 3.05) is 5.32 Å². The van der Waals surface area contributed by atoms with Crippen LogP contribution in [0.4, 0.5) is 5.69 Å². The van der Waals surface area contributed by atoms with Crippen LogP contribution in [0, 0.1) is 6.92 Å². The predicted octanol–water partition coefficient (Wildman–Crippen LogP) is 2.41. The molecule has 1 heterocycles. The van der Waals surface area contributed by atoms with Gasteiger partial charge in [-0.3, -0.25) is 4.79 Å². The average Bonchev–Trinajstić information content (AvgIpc) is 2.45. The predicted molar refractivity (Wildman–Crippen MR) is 76.5 cm³/mol. The molecule has 2 N–H and O–H groups in total. The van der Waals surface area contributed by atoms with Gasteiger partial charge in [-0.05, 0) is 43.2 Å². The number of aromatic nitrogens is 2. The van der Waals surface area contributed by atoms with Gasteiger partial charge in [-0.2, -0.15) is 10.2 Å². The minimum Gasteiger partial charge on any atom is -0.481 e. The number of rotatable bonds is 6. The number of carboxylic acids is 1. The van der Waals surface area contributed by atoms with Crippen LogP contribution in [0.3, 0.4) is 0 Å². The van der Waals surface area contributed by atoms with Crippen LogP contribution in [0.15, 0.2) is 36.4 Å². The van der Waals surface area contributed by atoms with Gasteiger partial charge in [0, 0.05) is 12.1 Å². The van der Waals surface area contributed by atoms with Gasteiger partial charge in [0.05, 0.1) is 17.9 Å². The molecule has 1 aromatic heterocycles. The lowest BCUT2D eigenvalue weighted by Gasteiger charge is -2.06. The lowest BCUT2D eigenvalue weighted by atomic mass is 10.1. The van der Waals surface area contributed by atoms with Crippen molar-refractivity contribution in [1.82, 2.24) is 10.2 Å². The number of hydrogen-bond acceptors (Lipinski definition) is 4. The molecule has 2 aromatic rings. The molecule has 0 saturated heterocycles. The van der Waals surface area contributed by atoms with Crippen molar-refractivity contribution in [3.63, 3.8) is 0 Å². The molecule has 0 spiro atoms. The molecular weight excluding hydrogens is 254 g/mol. The fraction of sp³-hybridized carbons (Fsp3) is 0.267. The summed E-state index contributed by atoms with van der Waals surface area (Å²) in [6.07, 6.45) is 0.713. The van der Waals surface area contributed by atoms with Gasteiger partial charge in [0.2, 0.25) is 0 Å². The molecule has 0 fully saturated rings. The molecule has 2 rings (SSSR count). The van der Waals surface area contributed by atoms with E-state index in [1.807, 2.05) is 43.3 Å². The summed E-state index contributed by atoms with van der Waals surface area (Å²) in [6.45, 7) is 2.52. The highest BCUT2D eigenvalue weighted by atomic mass is 16.4. The molecule has 0 atom stereocenters. The normalized spacial score (nSPS) is 10.2. The minimum atomic E-state index is -0.773. The maximum Gasteiger partial charge on any atom is 0.303 e. The Labute approximate surface area is 117 Å². The van der Waals surface area contributed by atoms with Crippen molar-refractivity contribution in [1.29, 1.82) is 0 Å². The molecule has 104 valence electrons. The van der Waals surface area contributed by atoms with E-state index in [1.54, 1.807) is 0 Å². The van der Waals surface area contributed by atoms with E-state index in [2.05, 4.69) is 15.5 Å². The Bertz CT molecular complexity index is 565. The van der Waals surface area contributed by atoms with Crippen LogP contribution in [-0.4, -0.2) is 21.3 Å².